The van der Waals surface area contributed by atoms with Crippen LogP contribution in [-0.2, 0) is 17.8 Å². The van der Waals surface area contributed by atoms with Gasteiger partial charge in [0.1, 0.15) is 0 Å². The highest BCUT2D eigenvalue weighted by atomic mass is 16.5. The largest absolute Gasteiger partial charge is 0.478 e. The van der Waals surface area contributed by atoms with Gasteiger partial charge >= 0.3 is 12.0 Å². The third-order valence-electron chi connectivity index (χ3n) is 9.15. The number of carboxylic acids is 1. The Morgan fingerprint density at radius 2 is 1.71 bits per heavy atom. The summed E-state index contributed by atoms with van der Waals surface area (Å²) in [5.74, 6) is -0.458. The van der Waals surface area contributed by atoms with E-state index in [0.29, 0.717) is 19.0 Å². The molecule has 0 radical (unpaired) electrons. The quantitative estimate of drug-likeness (QED) is 0.379. The number of amides is 2. The van der Waals surface area contributed by atoms with Crippen LogP contribution >= 0.6 is 0 Å². The molecule has 2 amide bonds. The molecule has 0 bridgehead atoms. The summed E-state index contributed by atoms with van der Waals surface area (Å²) in [5.41, 5.74) is 5.80. The summed E-state index contributed by atoms with van der Waals surface area (Å²) >= 11 is 0. The number of hydrogen-bond acceptors (Lipinski definition) is 5. The Balaban J connectivity index is 1.12. The fourth-order valence-electron chi connectivity index (χ4n) is 6.77. The zero-order valence-electron chi connectivity index (χ0n) is 24.3. The number of aromatic nitrogens is 1. The van der Waals surface area contributed by atoms with Gasteiger partial charge in [0.15, 0.2) is 0 Å². The number of hydrogen-bond donors (Lipinski definition) is 1. The fraction of sp³-hybridized carbons (Fsp3) is 0.441. The summed E-state index contributed by atoms with van der Waals surface area (Å²) in [7, 11) is 0. The van der Waals surface area contributed by atoms with Crippen molar-refractivity contribution < 1.29 is 19.4 Å². The van der Waals surface area contributed by atoms with Crippen LogP contribution in [0.25, 0.3) is 0 Å². The van der Waals surface area contributed by atoms with E-state index in [1.807, 2.05) is 29.2 Å². The molecule has 3 aromatic rings. The number of aryl methyl sites for hydroxylation is 1. The number of carbonyl (C=O) groups excluding carboxylic acids is 1. The Hall–Kier alpha value is -3.75. The van der Waals surface area contributed by atoms with Crippen molar-refractivity contribution in [2.75, 3.05) is 32.8 Å². The average molecular weight is 569 g/mol. The second kappa shape index (κ2) is 12.6. The highest BCUT2D eigenvalue weighted by molar-refractivity contribution is 5.87. The van der Waals surface area contributed by atoms with Gasteiger partial charge in [-0.05, 0) is 67.5 Å². The summed E-state index contributed by atoms with van der Waals surface area (Å²) in [6.07, 6.45) is 3.93. The number of carbonyl (C=O) groups is 2. The molecule has 6 rings (SSSR count). The monoisotopic (exact) mass is 568 g/mol. The summed E-state index contributed by atoms with van der Waals surface area (Å²) in [4.78, 5) is 36.8. The average Bonchev–Trinajstić information content (AvgIpc) is 3.34. The number of likely N-dealkylation sites (tertiary alicyclic amines) is 1. The molecule has 0 saturated carbocycles. The second-order valence-electron chi connectivity index (χ2n) is 11.9. The molecule has 3 fully saturated rings. The molecule has 0 aliphatic carbocycles. The number of ether oxygens (including phenoxy) is 1. The highest BCUT2D eigenvalue weighted by Crippen LogP contribution is 2.36. The lowest BCUT2D eigenvalue weighted by Crippen LogP contribution is -2.47. The van der Waals surface area contributed by atoms with Crippen LogP contribution in [0.3, 0.4) is 0 Å². The topological polar surface area (TPSA) is 86.2 Å². The van der Waals surface area contributed by atoms with Crippen LogP contribution in [0.5, 0.6) is 0 Å². The van der Waals surface area contributed by atoms with Gasteiger partial charge in [-0.15, -0.1) is 0 Å². The van der Waals surface area contributed by atoms with Crippen molar-refractivity contribution in [3.63, 3.8) is 0 Å². The third kappa shape index (κ3) is 6.20. The van der Waals surface area contributed by atoms with Gasteiger partial charge in [0.05, 0.1) is 11.6 Å². The lowest BCUT2D eigenvalue weighted by Gasteiger charge is -2.39. The van der Waals surface area contributed by atoms with E-state index in [0.717, 1.165) is 75.4 Å². The van der Waals surface area contributed by atoms with Crippen molar-refractivity contribution in [1.29, 1.82) is 0 Å². The Bertz CT molecular complexity index is 1400. The second-order valence-corrected chi connectivity index (χ2v) is 11.9. The number of pyridine rings is 1. The lowest BCUT2D eigenvalue weighted by atomic mass is 9.95. The maximum Gasteiger partial charge on any atom is 0.335 e. The molecular weight excluding hydrogens is 528 g/mol. The van der Waals surface area contributed by atoms with Crippen LogP contribution in [0.4, 0.5) is 4.79 Å². The van der Waals surface area contributed by atoms with Gasteiger partial charge in [0.2, 0.25) is 0 Å². The van der Waals surface area contributed by atoms with Crippen molar-refractivity contribution in [1.82, 2.24) is 19.7 Å². The van der Waals surface area contributed by atoms with Gasteiger partial charge < -0.3 is 19.6 Å². The molecule has 3 aliphatic heterocycles. The van der Waals surface area contributed by atoms with Crippen molar-refractivity contribution >= 4 is 12.0 Å². The zero-order valence-corrected chi connectivity index (χ0v) is 24.3. The van der Waals surface area contributed by atoms with Crippen LogP contribution in [0.1, 0.15) is 76.1 Å². The molecule has 1 N–H and O–H groups in total. The molecule has 3 saturated heterocycles. The van der Waals surface area contributed by atoms with Crippen LogP contribution in [0, 0.1) is 6.92 Å². The zero-order chi connectivity index (χ0) is 29.1. The van der Waals surface area contributed by atoms with Crippen LogP contribution in [-0.4, -0.2) is 75.7 Å². The smallest absolute Gasteiger partial charge is 0.335 e. The Labute approximate surface area is 247 Å². The Morgan fingerprint density at radius 1 is 0.952 bits per heavy atom. The maximum absolute atomic E-state index is 13.9. The van der Waals surface area contributed by atoms with E-state index >= 15 is 0 Å². The van der Waals surface area contributed by atoms with E-state index < -0.39 is 5.97 Å². The predicted molar refractivity (Wildman–Crippen MR) is 160 cm³/mol. The van der Waals surface area contributed by atoms with Gasteiger partial charge in [0.25, 0.3) is 0 Å². The van der Waals surface area contributed by atoms with E-state index in [1.54, 1.807) is 18.2 Å². The first-order chi connectivity index (χ1) is 20.5. The number of benzene rings is 2. The van der Waals surface area contributed by atoms with Crippen molar-refractivity contribution in [2.45, 2.75) is 63.7 Å². The van der Waals surface area contributed by atoms with E-state index in [4.69, 9.17) is 9.72 Å². The van der Waals surface area contributed by atoms with Gasteiger partial charge in [0, 0.05) is 69.3 Å². The summed E-state index contributed by atoms with van der Waals surface area (Å²) in [6, 6.07) is 21.8. The maximum atomic E-state index is 13.9. The molecule has 3 aliphatic rings. The number of rotatable bonds is 8. The Kier molecular flexibility index (Phi) is 8.53. The molecule has 42 heavy (non-hydrogen) atoms. The molecule has 220 valence electrons. The minimum absolute atomic E-state index is 0.0258. The van der Waals surface area contributed by atoms with Gasteiger partial charge in [-0.3, -0.25) is 9.88 Å². The number of urea groups is 1. The molecular formula is C34H40N4O4. The van der Waals surface area contributed by atoms with Crippen molar-refractivity contribution in [2.24, 2.45) is 0 Å². The molecule has 1 atom stereocenters. The first-order valence-corrected chi connectivity index (χ1v) is 15.2. The highest BCUT2D eigenvalue weighted by Gasteiger charge is 2.42. The molecule has 2 aromatic carbocycles. The van der Waals surface area contributed by atoms with E-state index in [2.05, 4.69) is 41.0 Å². The van der Waals surface area contributed by atoms with Crippen molar-refractivity contribution in [3.8, 4) is 0 Å². The number of aromatic carboxylic acids is 1. The molecule has 8 heteroatoms. The SMILES string of the molecule is Cc1nc(C2CCOCC2)ccc1CN1CCC(N2C(=O)N(Cc3cccc(C(=O)O)c3)CC2c2ccccc2)CC1. The van der Waals surface area contributed by atoms with Crippen molar-refractivity contribution in [3.05, 3.63) is 100 Å². The Morgan fingerprint density at radius 3 is 2.43 bits per heavy atom. The van der Waals surface area contributed by atoms with E-state index in [1.165, 1.54) is 11.3 Å². The number of nitrogens with zero attached hydrogens (tertiary/aromatic N) is 4. The van der Waals surface area contributed by atoms with Crippen LogP contribution < -0.4 is 0 Å². The van der Waals surface area contributed by atoms with E-state index in [9.17, 15) is 14.7 Å². The minimum atomic E-state index is -0.957. The standard InChI is InChI=1S/C34H40N4O4/c1-24-29(10-11-31(35-24)26-14-18-42-19-15-26)22-36-16-12-30(13-17-36)38-32(27-7-3-2-4-8-27)23-37(34(38)41)21-25-6-5-9-28(20-25)33(39)40/h2-11,20,26,30,32H,12-19,21-23H2,1H3,(H,39,40). The first kappa shape index (κ1) is 28.4. The molecule has 8 nitrogen and oxygen atoms in total. The van der Waals surface area contributed by atoms with Gasteiger partial charge in [-0.25, -0.2) is 9.59 Å². The van der Waals surface area contributed by atoms with E-state index in [-0.39, 0.29) is 23.7 Å². The fourth-order valence-corrected chi connectivity index (χ4v) is 6.77. The molecule has 4 heterocycles. The van der Waals surface area contributed by atoms with Gasteiger partial charge in [-0.1, -0.05) is 48.5 Å². The summed E-state index contributed by atoms with van der Waals surface area (Å²) < 4.78 is 5.52. The first-order valence-electron chi connectivity index (χ1n) is 15.2. The number of carboxylic acid groups (broad SMARTS) is 1. The molecule has 1 aromatic heterocycles. The van der Waals surface area contributed by atoms with Crippen LogP contribution in [0.15, 0.2) is 66.7 Å². The van der Waals surface area contributed by atoms with Crippen LogP contribution in [0.2, 0.25) is 0 Å². The third-order valence-corrected chi connectivity index (χ3v) is 9.15. The summed E-state index contributed by atoms with van der Waals surface area (Å²) in [5, 5.41) is 9.42. The van der Waals surface area contributed by atoms with Gasteiger partial charge in [-0.2, -0.15) is 0 Å². The minimum Gasteiger partial charge on any atom is -0.478 e. The molecule has 0 spiro atoms. The normalized spacial score (nSPS) is 20.8. The molecule has 1 unspecified atom stereocenters. The number of piperidine rings is 1. The summed E-state index contributed by atoms with van der Waals surface area (Å²) in [6.45, 7) is 7.49. The predicted octanol–water partition coefficient (Wildman–Crippen LogP) is 5.63. The lowest BCUT2D eigenvalue weighted by molar-refractivity contribution is 0.0696.